The molecule has 0 saturated heterocycles. The van der Waals surface area contributed by atoms with Crippen molar-refractivity contribution in [1.29, 1.82) is 0 Å². The Kier molecular flexibility index (Phi) is 6.93. The fourth-order valence-corrected chi connectivity index (χ4v) is 5.27. The predicted molar refractivity (Wildman–Crippen MR) is 160 cm³/mol. The quantitative estimate of drug-likeness (QED) is 0.266. The van der Waals surface area contributed by atoms with E-state index in [1.165, 1.54) is 17.7 Å². The van der Waals surface area contributed by atoms with Crippen molar-refractivity contribution >= 4 is 28.3 Å². The zero-order valence-electron chi connectivity index (χ0n) is 22.8. The number of amides is 1. The van der Waals surface area contributed by atoms with Gasteiger partial charge in [-0.1, -0.05) is 26.1 Å². The van der Waals surface area contributed by atoms with Gasteiger partial charge in [0.2, 0.25) is 0 Å². The number of hydrogen-bond acceptors (Lipinski definition) is 5. The average molecular weight is 545 g/mol. The minimum absolute atomic E-state index is 0.326. The second-order valence-electron chi connectivity index (χ2n) is 10.1. The number of anilines is 2. The number of aromatic nitrogens is 2. The lowest BCUT2D eigenvalue weighted by Crippen LogP contribution is -2.32. The van der Waals surface area contributed by atoms with Gasteiger partial charge in [0.25, 0.3) is 5.91 Å². The van der Waals surface area contributed by atoms with Gasteiger partial charge in [0.1, 0.15) is 23.1 Å². The first-order chi connectivity index (χ1) is 19.9. The second kappa shape index (κ2) is 10.8. The molecule has 0 fully saturated rings. The van der Waals surface area contributed by atoms with Gasteiger partial charge in [-0.25, -0.2) is 9.37 Å². The molecule has 1 aliphatic heterocycles. The lowest BCUT2D eigenvalue weighted by Gasteiger charge is -2.37. The minimum atomic E-state index is -0.347. The molecule has 1 aliphatic carbocycles. The Bertz CT molecular complexity index is 1750. The SMILES string of the molecule is C=C1CCCC2=C1C=C(C(=O)Nc1ccc(Oc3ccnc4cc(CC)ccc34)cn1)C(=C)N2c1ccc(F)cc1. The minimum Gasteiger partial charge on any atom is -0.455 e. The first kappa shape index (κ1) is 26.2. The smallest absolute Gasteiger partial charge is 0.258 e. The van der Waals surface area contributed by atoms with E-state index < -0.39 is 0 Å². The predicted octanol–water partition coefficient (Wildman–Crippen LogP) is 8.02. The molecule has 0 saturated carbocycles. The van der Waals surface area contributed by atoms with E-state index in [0.717, 1.165) is 59.1 Å². The molecule has 2 aromatic heterocycles. The van der Waals surface area contributed by atoms with Gasteiger partial charge in [-0.2, -0.15) is 0 Å². The van der Waals surface area contributed by atoms with E-state index in [0.29, 0.717) is 28.6 Å². The van der Waals surface area contributed by atoms with E-state index in [1.807, 2.05) is 23.1 Å². The third-order valence-electron chi connectivity index (χ3n) is 7.43. The number of nitrogens with one attached hydrogen (secondary N) is 1. The Balaban J connectivity index is 1.23. The third kappa shape index (κ3) is 5.14. The van der Waals surface area contributed by atoms with Crippen molar-refractivity contribution < 1.29 is 13.9 Å². The van der Waals surface area contributed by atoms with Crippen LogP contribution in [-0.4, -0.2) is 15.9 Å². The summed E-state index contributed by atoms with van der Waals surface area (Å²) >= 11 is 0. The first-order valence-corrected chi connectivity index (χ1v) is 13.6. The summed E-state index contributed by atoms with van der Waals surface area (Å²) in [6, 6.07) is 17.6. The zero-order chi connectivity index (χ0) is 28.5. The molecule has 0 radical (unpaired) electrons. The highest BCUT2D eigenvalue weighted by molar-refractivity contribution is 6.08. The first-order valence-electron chi connectivity index (χ1n) is 13.6. The molecule has 3 heterocycles. The molecule has 2 aromatic carbocycles. The molecule has 204 valence electrons. The Morgan fingerprint density at radius 3 is 2.63 bits per heavy atom. The maximum atomic E-state index is 13.7. The molecule has 7 heteroatoms. The second-order valence-corrected chi connectivity index (χ2v) is 10.1. The summed E-state index contributed by atoms with van der Waals surface area (Å²) in [6.45, 7) is 10.6. The van der Waals surface area contributed by atoms with Gasteiger partial charge in [-0.3, -0.25) is 9.78 Å². The van der Waals surface area contributed by atoms with Crippen LogP contribution in [0.1, 0.15) is 31.7 Å². The number of rotatable bonds is 6. The molecule has 1 N–H and O–H groups in total. The number of halogens is 1. The molecule has 0 bridgehead atoms. The molecular formula is C34H29FN4O2. The highest BCUT2D eigenvalue weighted by Gasteiger charge is 2.31. The van der Waals surface area contributed by atoms with Gasteiger partial charge in [0.15, 0.2) is 0 Å². The molecular weight excluding hydrogens is 515 g/mol. The van der Waals surface area contributed by atoms with Crippen LogP contribution in [0.5, 0.6) is 11.5 Å². The van der Waals surface area contributed by atoms with E-state index in [1.54, 1.807) is 36.7 Å². The van der Waals surface area contributed by atoms with E-state index >= 15 is 0 Å². The van der Waals surface area contributed by atoms with Crippen LogP contribution in [0.15, 0.2) is 120 Å². The lowest BCUT2D eigenvalue weighted by molar-refractivity contribution is -0.112. The van der Waals surface area contributed by atoms with Crippen LogP contribution in [-0.2, 0) is 11.2 Å². The molecule has 1 amide bonds. The molecule has 6 rings (SSSR count). The van der Waals surface area contributed by atoms with Gasteiger partial charge in [-0.15, -0.1) is 0 Å². The van der Waals surface area contributed by atoms with Crippen LogP contribution < -0.4 is 15.0 Å². The van der Waals surface area contributed by atoms with Crippen molar-refractivity contribution in [3.8, 4) is 11.5 Å². The normalized spacial score (nSPS) is 15.1. The van der Waals surface area contributed by atoms with Gasteiger partial charge in [-0.05, 0) is 103 Å². The van der Waals surface area contributed by atoms with E-state index in [4.69, 9.17) is 4.74 Å². The molecule has 0 atom stereocenters. The summed E-state index contributed by atoms with van der Waals surface area (Å²) in [7, 11) is 0. The van der Waals surface area contributed by atoms with Crippen molar-refractivity contribution in [2.24, 2.45) is 0 Å². The number of carbonyl (C=O) groups excluding carboxylic acids is 1. The average Bonchev–Trinajstić information content (AvgIpc) is 2.98. The van der Waals surface area contributed by atoms with Crippen molar-refractivity contribution in [2.45, 2.75) is 32.6 Å². The van der Waals surface area contributed by atoms with Gasteiger partial charge < -0.3 is 15.0 Å². The number of pyridine rings is 2. The topological polar surface area (TPSA) is 67.3 Å². The third-order valence-corrected chi connectivity index (χ3v) is 7.43. The van der Waals surface area contributed by atoms with Crippen molar-refractivity contribution in [3.63, 3.8) is 0 Å². The Labute approximate surface area is 238 Å². The standard InChI is InChI=1S/C34H29FN4O2/c1-4-23-8-14-27-30(18-23)36-17-16-32(27)41-26-13-15-33(37-20-26)38-34(40)29-19-28-21(2)6-5-7-31(28)39(22(29)3)25-11-9-24(35)10-12-25/h8-20H,2-7H2,1H3,(H,37,38,40). The van der Waals surface area contributed by atoms with E-state index in [9.17, 15) is 9.18 Å². The number of fused-ring (bicyclic) bond motifs is 1. The summed E-state index contributed by atoms with van der Waals surface area (Å²) < 4.78 is 19.8. The molecule has 4 aromatic rings. The number of ether oxygens (including phenoxy) is 1. The fourth-order valence-electron chi connectivity index (χ4n) is 5.27. The van der Waals surface area contributed by atoms with Crippen LogP contribution >= 0.6 is 0 Å². The number of allylic oxidation sites excluding steroid dienone is 4. The summed E-state index contributed by atoms with van der Waals surface area (Å²) in [6.07, 6.45) is 8.69. The van der Waals surface area contributed by atoms with E-state index in [2.05, 4.69) is 47.5 Å². The summed E-state index contributed by atoms with van der Waals surface area (Å²) in [5, 5.41) is 3.79. The Morgan fingerprint density at radius 2 is 1.88 bits per heavy atom. The van der Waals surface area contributed by atoms with E-state index in [-0.39, 0.29) is 11.7 Å². The Morgan fingerprint density at radius 1 is 1.05 bits per heavy atom. The summed E-state index contributed by atoms with van der Waals surface area (Å²) in [4.78, 5) is 24.3. The van der Waals surface area contributed by atoms with Gasteiger partial charge >= 0.3 is 0 Å². The van der Waals surface area contributed by atoms with Crippen molar-refractivity contribution in [3.05, 3.63) is 132 Å². The maximum Gasteiger partial charge on any atom is 0.258 e. The zero-order valence-corrected chi connectivity index (χ0v) is 22.8. The van der Waals surface area contributed by atoms with Crippen LogP contribution in [0.4, 0.5) is 15.9 Å². The lowest BCUT2D eigenvalue weighted by atomic mass is 9.86. The molecule has 41 heavy (non-hydrogen) atoms. The maximum absolute atomic E-state index is 13.7. The van der Waals surface area contributed by atoms with Crippen LogP contribution in [0.2, 0.25) is 0 Å². The molecule has 0 spiro atoms. The number of benzene rings is 2. The highest BCUT2D eigenvalue weighted by Crippen LogP contribution is 2.42. The van der Waals surface area contributed by atoms with Crippen LogP contribution in [0.25, 0.3) is 10.9 Å². The summed E-state index contributed by atoms with van der Waals surface area (Å²) in [5.41, 5.74) is 6.63. The van der Waals surface area contributed by atoms with Crippen LogP contribution in [0.3, 0.4) is 0 Å². The van der Waals surface area contributed by atoms with Crippen molar-refractivity contribution in [1.82, 2.24) is 9.97 Å². The largest absolute Gasteiger partial charge is 0.455 e. The number of aryl methyl sites for hydroxylation is 1. The number of nitrogens with zero attached hydrogens (tertiary/aromatic N) is 3. The highest BCUT2D eigenvalue weighted by atomic mass is 19.1. The molecule has 2 aliphatic rings. The monoisotopic (exact) mass is 544 g/mol. The van der Waals surface area contributed by atoms with Gasteiger partial charge in [0, 0.05) is 23.0 Å². The van der Waals surface area contributed by atoms with Crippen molar-refractivity contribution in [2.75, 3.05) is 10.2 Å². The number of carbonyl (C=O) groups is 1. The number of hydrogen-bond donors (Lipinski definition) is 1. The van der Waals surface area contributed by atoms with Crippen LogP contribution in [0, 0.1) is 5.82 Å². The summed E-state index contributed by atoms with van der Waals surface area (Å²) in [5.74, 6) is 0.914. The molecule has 6 nitrogen and oxygen atoms in total. The molecule has 0 unspecified atom stereocenters. The van der Waals surface area contributed by atoms with Gasteiger partial charge in [0.05, 0.1) is 23.0 Å². The Hall–Kier alpha value is -5.04. The fraction of sp³-hybridized carbons (Fsp3) is 0.147.